The maximum absolute atomic E-state index is 12.3. The smallest absolute Gasteiger partial charge is 0.250 e. The van der Waals surface area contributed by atoms with Gasteiger partial charge in [0.05, 0.1) is 0 Å². The van der Waals surface area contributed by atoms with Crippen LogP contribution < -0.4 is 10.5 Å². The quantitative estimate of drug-likeness (QED) is 0.839. The lowest BCUT2D eigenvalue weighted by atomic mass is 9.98. The van der Waals surface area contributed by atoms with Crippen LogP contribution in [0.25, 0.3) is 0 Å². The summed E-state index contributed by atoms with van der Waals surface area (Å²) in [5.74, 6) is 0.409. The Hall–Kier alpha value is -0.430. The number of nitrogens with two attached hydrogens (primary N) is 1. The third kappa shape index (κ3) is 3.78. The standard InChI is InChI=1S/C13H22N2O2S2/c1-10-5-3-2-4-6-12(10)15-19(16,17)13-8-7-11(9-14)18-13/h7-8,10,12,15H,2-6,9,14H2,1H3. The zero-order valence-electron chi connectivity index (χ0n) is 11.3. The third-order valence-electron chi connectivity index (χ3n) is 3.77. The van der Waals surface area contributed by atoms with E-state index in [4.69, 9.17) is 5.73 Å². The highest BCUT2D eigenvalue weighted by Crippen LogP contribution is 2.26. The molecule has 0 amide bonds. The van der Waals surface area contributed by atoms with Crippen LogP contribution in [-0.4, -0.2) is 14.5 Å². The summed E-state index contributed by atoms with van der Waals surface area (Å²) < 4.78 is 28.0. The zero-order valence-corrected chi connectivity index (χ0v) is 12.9. The molecule has 1 heterocycles. The Morgan fingerprint density at radius 3 is 2.74 bits per heavy atom. The van der Waals surface area contributed by atoms with Gasteiger partial charge in [-0.05, 0) is 30.9 Å². The van der Waals surface area contributed by atoms with Gasteiger partial charge in [0.1, 0.15) is 4.21 Å². The Balaban J connectivity index is 2.11. The molecular weight excluding hydrogens is 280 g/mol. The lowest BCUT2D eigenvalue weighted by Gasteiger charge is -2.22. The van der Waals surface area contributed by atoms with Gasteiger partial charge in [0.15, 0.2) is 0 Å². The van der Waals surface area contributed by atoms with E-state index in [2.05, 4.69) is 11.6 Å². The van der Waals surface area contributed by atoms with Gasteiger partial charge in [0, 0.05) is 17.5 Å². The predicted octanol–water partition coefficient (Wildman–Crippen LogP) is 2.45. The molecule has 1 aromatic rings. The first-order valence-corrected chi connectivity index (χ1v) is 9.14. The van der Waals surface area contributed by atoms with Gasteiger partial charge in [-0.25, -0.2) is 13.1 Å². The molecule has 0 spiro atoms. The van der Waals surface area contributed by atoms with Gasteiger partial charge < -0.3 is 5.73 Å². The van der Waals surface area contributed by atoms with E-state index in [-0.39, 0.29) is 6.04 Å². The summed E-state index contributed by atoms with van der Waals surface area (Å²) in [5.41, 5.74) is 5.53. The molecule has 3 N–H and O–H groups in total. The van der Waals surface area contributed by atoms with E-state index in [0.29, 0.717) is 16.7 Å². The van der Waals surface area contributed by atoms with Crippen molar-refractivity contribution in [3.05, 3.63) is 17.0 Å². The summed E-state index contributed by atoms with van der Waals surface area (Å²) in [6.45, 7) is 2.53. The van der Waals surface area contributed by atoms with Gasteiger partial charge in [0.2, 0.25) is 10.0 Å². The van der Waals surface area contributed by atoms with Crippen molar-refractivity contribution in [3.8, 4) is 0 Å². The summed E-state index contributed by atoms with van der Waals surface area (Å²) in [6, 6.07) is 3.50. The van der Waals surface area contributed by atoms with Crippen molar-refractivity contribution in [3.63, 3.8) is 0 Å². The number of hydrogen-bond acceptors (Lipinski definition) is 4. The number of rotatable bonds is 4. The average Bonchev–Trinajstić information content (AvgIpc) is 2.78. The van der Waals surface area contributed by atoms with Crippen LogP contribution in [0.5, 0.6) is 0 Å². The van der Waals surface area contributed by atoms with Gasteiger partial charge in [-0.1, -0.05) is 26.2 Å². The molecule has 1 aliphatic rings. The van der Waals surface area contributed by atoms with Gasteiger partial charge in [-0.2, -0.15) is 0 Å². The van der Waals surface area contributed by atoms with Crippen LogP contribution in [0.2, 0.25) is 0 Å². The second kappa shape index (κ2) is 6.35. The first-order valence-electron chi connectivity index (χ1n) is 6.84. The summed E-state index contributed by atoms with van der Waals surface area (Å²) >= 11 is 1.26. The SMILES string of the molecule is CC1CCCCCC1NS(=O)(=O)c1ccc(CN)s1. The molecule has 1 saturated carbocycles. The lowest BCUT2D eigenvalue weighted by molar-refractivity contribution is 0.400. The molecular formula is C13H22N2O2S2. The van der Waals surface area contributed by atoms with E-state index in [9.17, 15) is 8.42 Å². The molecule has 1 aliphatic carbocycles. The molecule has 1 aromatic heterocycles. The Kier molecular flexibility index (Phi) is 5.00. The molecule has 2 atom stereocenters. The van der Waals surface area contributed by atoms with Crippen molar-refractivity contribution in [2.45, 2.75) is 55.8 Å². The molecule has 2 unspecified atom stereocenters. The average molecular weight is 302 g/mol. The molecule has 0 bridgehead atoms. The van der Waals surface area contributed by atoms with Crippen LogP contribution in [-0.2, 0) is 16.6 Å². The topological polar surface area (TPSA) is 72.2 Å². The first-order chi connectivity index (χ1) is 9.03. The van der Waals surface area contributed by atoms with Crippen molar-refractivity contribution >= 4 is 21.4 Å². The summed E-state index contributed by atoms with van der Waals surface area (Å²) in [7, 11) is -3.39. The normalized spacial score (nSPS) is 25.2. The molecule has 0 aliphatic heterocycles. The summed E-state index contributed by atoms with van der Waals surface area (Å²) in [6.07, 6.45) is 5.56. The number of nitrogens with one attached hydrogen (secondary N) is 1. The van der Waals surface area contributed by atoms with Gasteiger partial charge in [-0.3, -0.25) is 0 Å². The molecule has 0 aromatic carbocycles. The van der Waals surface area contributed by atoms with E-state index in [1.165, 1.54) is 24.2 Å². The highest BCUT2D eigenvalue weighted by Gasteiger charge is 2.26. The maximum atomic E-state index is 12.3. The number of thiophene rings is 1. The summed E-state index contributed by atoms with van der Waals surface area (Å²) in [5, 5.41) is 0. The van der Waals surface area contributed by atoms with E-state index < -0.39 is 10.0 Å². The van der Waals surface area contributed by atoms with Crippen molar-refractivity contribution in [2.75, 3.05) is 0 Å². The largest absolute Gasteiger partial charge is 0.326 e. The fourth-order valence-corrected chi connectivity index (χ4v) is 5.17. The Morgan fingerprint density at radius 2 is 2.05 bits per heavy atom. The van der Waals surface area contributed by atoms with Crippen LogP contribution in [0.1, 0.15) is 43.9 Å². The fraction of sp³-hybridized carbons (Fsp3) is 0.692. The van der Waals surface area contributed by atoms with E-state index >= 15 is 0 Å². The minimum Gasteiger partial charge on any atom is -0.326 e. The van der Waals surface area contributed by atoms with Crippen LogP contribution >= 0.6 is 11.3 Å². The first kappa shape index (κ1) is 15.0. The molecule has 2 rings (SSSR count). The van der Waals surface area contributed by atoms with Crippen molar-refractivity contribution in [1.29, 1.82) is 0 Å². The zero-order chi connectivity index (χ0) is 13.9. The molecule has 0 radical (unpaired) electrons. The fourth-order valence-electron chi connectivity index (χ4n) is 2.54. The minimum absolute atomic E-state index is 0.0657. The van der Waals surface area contributed by atoms with Crippen molar-refractivity contribution in [1.82, 2.24) is 4.72 Å². The predicted molar refractivity (Wildman–Crippen MR) is 78.6 cm³/mol. The van der Waals surface area contributed by atoms with Gasteiger partial charge in [0.25, 0.3) is 0 Å². The van der Waals surface area contributed by atoms with Crippen LogP contribution in [0.3, 0.4) is 0 Å². The number of hydrogen-bond donors (Lipinski definition) is 2. The van der Waals surface area contributed by atoms with Gasteiger partial charge >= 0.3 is 0 Å². The second-order valence-corrected chi connectivity index (χ2v) is 8.38. The molecule has 4 nitrogen and oxygen atoms in total. The maximum Gasteiger partial charge on any atom is 0.250 e. The Morgan fingerprint density at radius 1 is 1.32 bits per heavy atom. The Labute approximate surface area is 119 Å². The summed E-state index contributed by atoms with van der Waals surface area (Å²) in [4.78, 5) is 0.897. The highest BCUT2D eigenvalue weighted by molar-refractivity contribution is 7.91. The monoisotopic (exact) mass is 302 g/mol. The van der Waals surface area contributed by atoms with Crippen molar-refractivity contribution < 1.29 is 8.42 Å². The highest BCUT2D eigenvalue weighted by atomic mass is 32.2. The third-order valence-corrected chi connectivity index (χ3v) is 6.86. The van der Waals surface area contributed by atoms with Gasteiger partial charge in [-0.15, -0.1) is 11.3 Å². The minimum atomic E-state index is -3.39. The van der Waals surface area contributed by atoms with Crippen LogP contribution in [0, 0.1) is 5.92 Å². The molecule has 19 heavy (non-hydrogen) atoms. The molecule has 6 heteroatoms. The molecule has 1 fully saturated rings. The second-order valence-electron chi connectivity index (χ2n) is 5.27. The molecule has 108 valence electrons. The Bertz CT molecular complexity index is 510. The molecule has 0 saturated heterocycles. The number of sulfonamides is 1. The van der Waals surface area contributed by atoms with Crippen LogP contribution in [0.15, 0.2) is 16.3 Å². The van der Waals surface area contributed by atoms with E-state index in [0.717, 1.165) is 24.1 Å². The van der Waals surface area contributed by atoms with Crippen molar-refractivity contribution in [2.24, 2.45) is 11.7 Å². The van der Waals surface area contributed by atoms with E-state index in [1.54, 1.807) is 12.1 Å². The van der Waals surface area contributed by atoms with E-state index in [1.807, 2.05) is 0 Å². The lowest BCUT2D eigenvalue weighted by Crippen LogP contribution is -2.38. The van der Waals surface area contributed by atoms with Crippen LogP contribution in [0.4, 0.5) is 0 Å².